The SMILES string of the molecule is CCC(C)C1(C(C)CC)CC=Cc2cc(/C=C/c3ccc(C(=O)O)cc3)ccc21. The zero-order chi connectivity index (χ0) is 21.0. The molecule has 1 aliphatic rings. The Hall–Kier alpha value is -2.61. The Labute approximate surface area is 175 Å². The summed E-state index contributed by atoms with van der Waals surface area (Å²) in [5.74, 6) is 0.374. The zero-order valence-electron chi connectivity index (χ0n) is 18.0. The van der Waals surface area contributed by atoms with Crippen LogP contribution in [0.25, 0.3) is 18.2 Å². The van der Waals surface area contributed by atoms with E-state index in [0.29, 0.717) is 17.4 Å². The van der Waals surface area contributed by atoms with Crippen LogP contribution < -0.4 is 0 Å². The van der Waals surface area contributed by atoms with Gasteiger partial charge in [-0.3, -0.25) is 0 Å². The molecule has 0 fully saturated rings. The van der Waals surface area contributed by atoms with Crippen molar-refractivity contribution in [2.45, 2.75) is 52.4 Å². The van der Waals surface area contributed by atoms with Crippen molar-refractivity contribution in [3.63, 3.8) is 0 Å². The number of carbonyl (C=O) groups is 1. The fourth-order valence-corrected chi connectivity index (χ4v) is 4.81. The summed E-state index contributed by atoms with van der Waals surface area (Å²) in [7, 11) is 0. The van der Waals surface area contributed by atoms with Crippen LogP contribution in [0.1, 0.15) is 79.6 Å². The van der Waals surface area contributed by atoms with Crippen LogP contribution in [0.4, 0.5) is 0 Å². The molecule has 2 aromatic carbocycles. The first-order chi connectivity index (χ1) is 13.9. The number of carboxylic acids is 1. The number of carboxylic acid groups (broad SMARTS) is 1. The van der Waals surface area contributed by atoms with Crippen LogP contribution in [0.15, 0.2) is 48.5 Å². The highest BCUT2D eigenvalue weighted by Gasteiger charge is 2.42. The molecule has 0 saturated heterocycles. The van der Waals surface area contributed by atoms with E-state index < -0.39 is 5.97 Å². The van der Waals surface area contributed by atoms with Crippen molar-refractivity contribution in [3.05, 3.63) is 76.4 Å². The lowest BCUT2D eigenvalue weighted by Gasteiger charge is -2.46. The van der Waals surface area contributed by atoms with Crippen molar-refractivity contribution in [2.75, 3.05) is 0 Å². The molecule has 0 aromatic heterocycles. The average Bonchev–Trinajstić information content (AvgIpc) is 2.76. The van der Waals surface area contributed by atoms with Crippen LogP contribution in [-0.4, -0.2) is 11.1 Å². The standard InChI is InChI=1S/C27H32O2/c1-5-19(3)27(20(4)6-2)17-7-8-24-18-22(13-16-25(24)27)10-9-21-11-14-23(15-12-21)26(28)29/h7-16,18-20H,5-6,17H2,1-4H3,(H,28,29)/b10-9+. The lowest BCUT2D eigenvalue weighted by atomic mass is 9.58. The van der Waals surface area contributed by atoms with Gasteiger partial charge < -0.3 is 5.11 Å². The number of allylic oxidation sites excluding steroid dienone is 1. The van der Waals surface area contributed by atoms with Gasteiger partial charge in [0.1, 0.15) is 0 Å². The molecule has 0 aliphatic heterocycles. The molecule has 2 aromatic rings. The van der Waals surface area contributed by atoms with Gasteiger partial charge in [-0.05, 0) is 58.7 Å². The highest BCUT2D eigenvalue weighted by atomic mass is 16.4. The molecule has 1 aliphatic carbocycles. The van der Waals surface area contributed by atoms with Gasteiger partial charge in [0.2, 0.25) is 0 Å². The maximum Gasteiger partial charge on any atom is 0.335 e. The number of hydrogen-bond acceptors (Lipinski definition) is 1. The predicted molar refractivity (Wildman–Crippen MR) is 123 cm³/mol. The summed E-state index contributed by atoms with van der Waals surface area (Å²) in [6.07, 6.45) is 12.3. The molecule has 1 N–H and O–H groups in total. The van der Waals surface area contributed by atoms with E-state index in [1.165, 1.54) is 29.5 Å². The molecule has 3 rings (SSSR count). The first kappa shape index (κ1) is 21.1. The minimum atomic E-state index is -0.895. The zero-order valence-corrected chi connectivity index (χ0v) is 18.0. The number of fused-ring (bicyclic) bond motifs is 1. The summed E-state index contributed by atoms with van der Waals surface area (Å²) in [6.45, 7) is 9.42. The fourth-order valence-electron chi connectivity index (χ4n) is 4.81. The largest absolute Gasteiger partial charge is 0.478 e. The maximum atomic E-state index is 11.0. The molecule has 0 heterocycles. The van der Waals surface area contributed by atoms with E-state index in [9.17, 15) is 4.79 Å². The molecule has 152 valence electrons. The molecule has 0 bridgehead atoms. The fraction of sp³-hybridized carbons (Fsp3) is 0.370. The minimum Gasteiger partial charge on any atom is -0.478 e. The maximum absolute atomic E-state index is 11.0. The van der Waals surface area contributed by atoms with Crippen molar-refractivity contribution >= 4 is 24.2 Å². The first-order valence-electron chi connectivity index (χ1n) is 10.7. The molecule has 0 radical (unpaired) electrons. The van der Waals surface area contributed by atoms with Crippen molar-refractivity contribution in [2.24, 2.45) is 11.8 Å². The number of aromatic carboxylic acids is 1. The van der Waals surface area contributed by atoms with Crippen LogP contribution >= 0.6 is 0 Å². The Morgan fingerprint density at radius 1 is 1.00 bits per heavy atom. The van der Waals surface area contributed by atoms with Crippen LogP contribution in [0.5, 0.6) is 0 Å². The second-order valence-corrected chi connectivity index (χ2v) is 8.37. The first-order valence-corrected chi connectivity index (χ1v) is 10.7. The molecule has 2 atom stereocenters. The van der Waals surface area contributed by atoms with Gasteiger partial charge in [-0.2, -0.15) is 0 Å². The molecule has 2 heteroatoms. The Bertz CT molecular complexity index is 908. The molecule has 0 spiro atoms. The number of benzene rings is 2. The van der Waals surface area contributed by atoms with E-state index in [2.05, 4.69) is 64.1 Å². The molecule has 2 nitrogen and oxygen atoms in total. The summed E-state index contributed by atoms with van der Waals surface area (Å²) >= 11 is 0. The van der Waals surface area contributed by atoms with Crippen LogP contribution in [0.3, 0.4) is 0 Å². The number of rotatable bonds is 7. The molecule has 0 saturated carbocycles. The monoisotopic (exact) mass is 388 g/mol. The Morgan fingerprint density at radius 3 is 2.17 bits per heavy atom. The topological polar surface area (TPSA) is 37.3 Å². The quantitative estimate of drug-likeness (QED) is 0.505. The van der Waals surface area contributed by atoms with E-state index >= 15 is 0 Å². The van der Waals surface area contributed by atoms with Gasteiger partial charge in [-0.1, -0.05) is 89.1 Å². The average molecular weight is 389 g/mol. The summed E-state index contributed by atoms with van der Waals surface area (Å²) in [5, 5.41) is 9.03. The molecule has 29 heavy (non-hydrogen) atoms. The Morgan fingerprint density at radius 2 is 1.59 bits per heavy atom. The molecule has 2 unspecified atom stereocenters. The van der Waals surface area contributed by atoms with Gasteiger partial charge >= 0.3 is 5.97 Å². The van der Waals surface area contributed by atoms with Crippen molar-refractivity contribution < 1.29 is 9.90 Å². The van der Waals surface area contributed by atoms with E-state index in [4.69, 9.17) is 5.11 Å². The van der Waals surface area contributed by atoms with Crippen LogP contribution in [0.2, 0.25) is 0 Å². The summed E-state index contributed by atoms with van der Waals surface area (Å²) in [5.41, 5.74) is 5.51. The van der Waals surface area contributed by atoms with Crippen molar-refractivity contribution in [1.29, 1.82) is 0 Å². The summed E-state index contributed by atoms with van der Waals surface area (Å²) in [6, 6.07) is 13.8. The minimum absolute atomic E-state index is 0.211. The summed E-state index contributed by atoms with van der Waals surface area (Å²) < 4.78 is 0. The van der Waals surface area contributed by atoms with Crippen LogP contribution in [0, 0.1) is 11.8 Å². The van der Waals surface area contributed by atoms with Crippen molar-refractivity contribution in [1.82, 2.24) is 0 Å². The third kappa shape index (κ3) is 4.07. The Balaban J connectivity index is 1.92. The van der Waals surface area contributed by atoms with Crippen molar-refractivity contribution in [3.8, 4) is 0 Å². The lowest BCUT2D eigenvalue weighted by Crippen LogP contribution is -2.41. The lowest BCUT2D eigenvalue weighted by molar-refractivity contribution is 0.0697. The van der Waals surface area contributed by atoms with E-state index in [1.54, 1.807) is 12.1 Å². The molecular weight excluding hydrogens is 356 g/mol. The molecular formula is C27H32O2. The second-order valence-electron chi connectivity index (χ2n) is 8.37. The number of hydrogen-bond donors (Lipinski definition) is 1. The third-order valence-electron chi connectivity index (χ3n) is 6.94. The highest BCUT2D eigenvalue weighted by molar-refractivity contribution is 5.88. The van der Waals surface area contributed by atoms with Gasteiger partial charge in [0.05, 0.1) is 5.56 Å². The summed E-state index contributed by atoms with van der Waals surface area (Å²) in [4.78, 5) is 11.0. The van der Waals surface area contributed by atoms with Gasteiger partial charge in [0, 0.05) is 5.41 Å². The van der Waals surface area contributed by atoms with Gasteiger partial charge in [-0.25, -0.2) is 4.79 Å². The second kappa shape index (κ2) is 8.82. The van der Waals surface area contributed by atoms with Gasteiger partial charge in [0.25, 0.3) is 0 Å². The van der Waals surface area contributed by atoms with E-state index in [0.717, 1.165) is 12.0 Å². The predicted octanol–water partition coefficient (Wildman–Crippen LogP) is 7.30. The van der Waals surface area contributed by atoms with Crippen LogP contribution in [-0.2, 0) is 5.41 Å². The van der Waals surface area contributed by atoms with E-state index in [1.807, 2.05) is 18.2 Å². The van der Waals surface area contributed by atoms with Gasteiger partial charge in [0.15, 0.2) is 0 Å². The normalized spacial score (nSPS) is 20.4. The molecule has 0 amide bonds. The van der Waals surface area contributed by atoms with E-state index in [-0.39, 0.29) is 5.41 Å². The Kier molecular flexibility index (Phi) is 6.42. The van der Waals surface area contributed by atoms with Gasteiger partial charge in [-0.15, -0.1) is 0 Å². The third-order valence-corrected chi connectivity index (χ3v) is 6.94. The highest BCUT2D eigenvalue weighted by Crippen LogP contribution is 2.49. The smallest absolute Gasteiger partial charge is 0.335 e.